The van der Waals surface area contributed by atoms with Crippen LogP contribution in [0.1, 0.15) is 40.1 Å². The summed E-state index contributed by atoms with van der Waals surface area (Å²) in [6.45, 7) is 6.33. The predicted molar refractivity (Wildman–Crippen MR) is 98.1 cm³/mol. The second-order valence-electron chi connectivity index (χ2n) is 6.85. The molecule has 0 aromatic carbocycles. The van der Waals surface area contributed by atoms with Gasteiger partial charge in [-0.1, -0.05) is 13.8 Å². The van der Waals surface area contributed by atoms with E-state index in [1.54, 1.807) is 17.0 Å². The van der Waals surface area contributed by atoms with Crippen LogP contribution in [0.25, 0.3) is 0 Å². The molecule has 2 atom stereocenters. The average molecular weight is 388 g/mol. The summed E-state index contributed by atoms with van der Waals surface area (Å²) in [5.41, 5.74) is 0. The van der Waals surface area contributed by atoms with Gasteiger partial charge in [0.05, 0.1) is 9.75 Å². The molecule has 0 saturated carbocycles. The third-order valence-electron chi connectivity index (χ3n) is 4.45. The van der Waals surface area contributed by atoms with Crippen molar-refractivity contribution in [1.82, 2.24) is 13.9 Å². The summed E-state index contributed by atoms with van der Waals surface area (Å²) in [4.78, 5) is 26.9. The van der Waals surface area contributed by atoms with E-state index in [0.29, 0.717) is 22.8 Å². The Morgan fingerprint density at radius 1 is 1.24 bits per heavy atom. The maximum absolute atomic E-state index is 12.7. The van der Waals surface area contributed by atoms with E-state index in [-0.39, 0.29) is 29.6 Å². The van der Waals surface area contributed by atoms with Gasteiger partial charge in [0.25, 0.3) is 16.1 Å². The molecule has 1 saturated heterocycles. The fourth-order valence-electron chi connectivity index (χ4n) is 2.89. The molecule has 1 aliphatic heterocycles. The molecule has 2 heterocycles. The van der Waals surface area contributed by atoms with Crippen LogP contribution in [-0.2, 0) is 10.2 Å². The number of amides is 1. The van der Waals surface area contributed by atoms with Crippen molar-refractivity contribution in [3.05, 3.63) is 21.9 Å². The minimum Gasteiger partial charge on any atom is -0.336 e. The third kappa shape index (κ3) is 4.46. The molecule has 0 unspecified atom stereocenters. The van der Waals surface area contributed by atoms with Crippen LogP contribution in [0, 0.1) is 11.8 Å². The fraction of sp³-hybridized carbons (Fsp3) is 0.625. The third-order valence-corrected chi connectivity index (χ3v) is 7.19. The van der Waals surface area contributed by atoms with E-state index in [4.69, 9.17) is 0 Å². The topological polar surface area (TPSA) is 86.8 Å². The van der Waals surface area contributed by atoms with E-state index in [1.807, 2.05) is 13.8 Å². The molecule has 0 spiro atoms. The monoisotopic (exact) mass is 387 g/mol. The largest absolute Gasteiger partial charge is 0.336 e. The van der Waals surface area contributed by atoms with Crippen LogP contribution in [0.2, 0.25) is 0 Å². The quantitative estimate of drug-likeness (QED) is 0.749. The van der Waals surface area contributed by atoms with Gasteiger partial charge in [0.1, 0.15) is 0 Å². The SMILES string of the molecule is CC(=O)c1ccc(C(=O)N2C[C@@H](NS(=O)(=O)N(C)C)[C@H](C(C)C)C2)s1. The molecule has 1 aromatic heterocycles. The smallest absolute Gasteiger partial charge is 0.279 e. The van der Waals surface area contributed by atoms with Gasteiger partial charge in [-0.05, 0) is 30.9 Å². The fourth-order valence-corrected chi connectivity index (χ4v) is 4.60. The second-order valence-corrected chi connectivity index (χ2v) is 9.85. The van der Waals surface area contributed by atoms with Crippen molar-refractivity contribution in [2.45, 2.75) is 26.8 Å². The molecular weight excluding hydrogens is 362 g/mol. The highest BCUT2D eigenvalue weighted by atomic mass is 32.2. The Morgan fingerprint density at radius 3 is 2.32 bits per heavy atom. The molecule has 2 rings (SSSR count). The zero-order valence-corrected chi connectivity index (χ0v) is 16.8. The zero-order chi connectivity index (χ0) is 18.9. The summed E-state index contributed by atoms with van der Waals surface area (Å²) >= 11 is 1.18. The summed E-state index contributed by atoms with van der Waals surface area (Å²) in [6.07, 6.45) is 0. The predicted octanol–water partition coefficient (Wildman–Crippen LogP) is 1.44. The lowest BCUT2D eigenvalue weighted by molar-refractivity contribution is 0.0787. The summed E-state index contributed by atoms with van der Waals surface area (Å²) in [5.74, 6) is 0.0338. The minimum absolute atomic E-state index is 0.0333. The average Bonchev–Trinajstić information content (AvgIpc) is 3.12. The van der Waals surface area contributed by atoms with E-state index in [1.165, 1.54) is 32.4 Å². The molecule has 0 radical (unpaired) electrons. The molecule has 0 aliphatic carbocycles. The number of rotatable bonds is 6. The molecule has 1 fully saturated rings. The van der Waals surface area contributed by atoms with E-state index in [0.717, 1.165) is 4.31 Å². The van der Waals surface area contributed by atoms with Crippen LogP contribution in [0.3, 0.4) is 0 Å². The Kier molecular flexibility index (Phi) is 6.03. The first-order chi connectivity index (χ1) is 11.5. The number of ketones is 1. The number of nitrogens with one attached hydrogen (secondary N) is 1. The van der Waals surface area contributed by atoms with E-state index in [9.17, 15) is 18.0 Å². The number of carbonyl (C=O) groups excluding carboxylic acids is 2. The Labute approximate surface area is 153 Å². The number of thiophene rings is 1. The molecule has 140 valence electrons. The van der Waals surface area contributed by atoms with Gasteiger partial charge < -0.3 is 4.90 Å². The molecule has 1 amide bonds. The van der Waals surface area contributed by atoms with Crippen molar-refractivity contribution in [2.75, 3.05) is 27.2 Å². The van der Waals surface area contributed by atoms with Crippen LogP contribution >= 0.6 is 11.3 Å². The van der Waals surface area contributed by atoms with Crippen molar-refractivity contribution in [1.29, 1.82) is 0 Å². The lowest BCUT2D eigenvalue weighted by atomic mass is 9.92. The highest BCUT2D eigenvalue weighted by Gasteiger charge is 2.39. The van der Waals surface area contributed by atoms with E-state index in [2.05, 4.69) is 4.72 Å². The lowest BCUT2D eigenvalue weighted by Gasteiger charge is -2.24. The first kappa shape index (κ1) is 20.0. The van der Waals surface area contributed by atoms with Gasteiger partial charge >= 0.3 is 0 Å². The van der Waals surface area contributed by atoms with Crippen molar-refractivity contribution in [2.24, 2.45) is 11.8 Å². The Morgan fingerprint density at radius 2 is 1.84 bits per heavy atom. The first-order valence-corrected chi connectivity index (χ1v) is 10.4. The standard InChI is InChI=1S/C16H25N3O4S2/c1-10(2)12-8-19(9-13(12)17-25(22,23)18(4)5)16(21)15-7-6-14(24-15)11(3)20/h6-7,10,12-13,17H,8-9H2,1-5H3/t12-,13+/m0/s1. The molecule has 9 heteroatoms. The van der Waals surface area contributed by atoms with Crippen LogP contribution in [0.15, 0.2) is 12.1 Å². The Balaban J connectivity index is 2.18. The Hall–Kier alpha value is -1.29. The number of hydrogen-bond donors (Lipinski definition) is 1. The summed E-state index contributed by atoms with van der Waals surface area (Å²) in [7, 11) is -0.622. The summed E-state index contributed by atoms with van der Waals surface area (Å²) < 4.78 is 28.1. The highest BCUT2D eigenvalue weighted by Crippen LogP contribution is 2.28. The second kappa shape index (κ2) is 7.53. The number of Topliss-reactive ketones (excluding diaryl/α,β-unsaturated/α-hetero) is 1. The molecule has 1 aliphatic rings. The van der Waals surface area contributed by atoms with Crippen LogP contribution in [0.5, 0.6) is 0 Å². The molecular formula is C16H25N3O4S2. The molecule has 7 nitrogen and oxygen atoms in total. The maximum Gasteiger partial charge on any atom is 0.279 e. The maximum atomic E-state index is 12.7. The van der Waals surface area contributed by atoms with Gasteiger partial charge in [-0.25, -0.2) is 0 Å². The molecule has 1 N–H and O–H groups in total. The summed E-state index contributed by atoms with van der Waals surface area (Å²) in [6, 6.07) is 2.98. The lowest BCUT2D eigenvalue weighted by Crippen LogP contribution is -2.46. The van der Waals surface area contributed by atoms with Crippen molar-refractivity contribution in [3.63, 3.8) is 0 Å². The highest BCUT2D eigenvalue weighted by molar-refractivity contribution is 7.87. The van der Waals surface area contributed by atoms with E-state index >= 15 is 0 Å². The van der Waals surface area contributed by atoms with Gasteiger partial charge in [-0.3, -0.25) is 9.59 Å². The zero-order valence-electron chi connectivity index (χ0n) is 15.1. The van der Waals surface area contributed by atoms with Gasteiger partial charge in [0.15, 0.2) is 5.78 Å². The van der Waals surface area contributed by atoms with Crippen molar-refractivity contribution >= 4 is 33.2 Å². The van der Waals surface area contributed by atoms with Crippen LogP contribution < -0.4 is 4.72 Å². The Bertz CT molecular complexity index is 755. The van der Waals surface area contributed by atoms with Gasteiger partial charge in [0.2, 0.25) is 0 Å². The molecule has 0 bridgehead atoms. The number of likely N-dealkylation sites (tertiary alicyclic amines) is 1. The normalized spacial score (nSPS) is 21.3. The van der Waals surface area contributed by atoms with Gasteiger partial charge in [-0.15, -0.1) is 11.3 Å². The number of carbonyl (C=O) groups is 2. The molecule has 25 heavy (non-hydrogen) atoms. The molecule has 1 aromatic rings. The van der Waals surface area contributed by atoms with Gasteiger partial charge in [0, 0.05) is 33.2 Å². The van der Waals surface area contributed by atoms with E-state index < -0.39 is 10.2 Å². The van der Waals surface area contributed by atoms with Crippen molar-refractivity contribution in [3.8, 4) is 0 Å². The number of nitrogens with zero attached hydrogens (tertiary/aromatic N) is 2. The summed E-state index contributed by atoms with van der Waals surface area (Å²) in [5, 5.41) is 0. The minimum atomic E-state index is -3.57. The van der Waals surface area contributed by atoms with Crippen molar-refractivity contribution < 1.29 is 18.0 Å². The van der Waals surface area contributed by atoms with Crippen LogP contribution in [-0.4, -0.2) is 62.5 Å². The van der Waals surface area contributed by atoms with Crippen LogP contribution in [0.4, 0.5) is 0 Å². The first-order valence-electron chi connectivity index (χ1n) is 8.12. The van der Waals surface area contributed by atoms with Gasteiger partial charge in [-0.2, -0.15) is 17.4 Å². The number of hydrogen-bond acceptors (Lipinski definition) is 5.